The molecule has 14 heteroatoms. The highest BCUT2D eigenvalue weighted by Gasteiger charge is 2.52. The molecule has 14 nitrogen and oxygen atoms in total. The smallest absolute Gasteiger partial charge is 0.303 e. The Labute approximate surface area is 244 Å². The van der Waals surface area contributed by atoms with Crippen molar-refractivity contribution in [3.63, 3.8) is 0 Å². The molecular weight excluding hydrogens is 560 g/mol. The Balaban J connectivity index is 3.24. The lowest BCUT2D eigenvalue weighted by Gasteiger charge is -2.44. The lowest BCUT2D eigenvalue weighted by molar-refractivity contribution is -0.306. The summed E-state index contributed by atoms with van der Waals surface area (Å²) >= 11 is 0. The molecule has 1 heterocycles. The Morgan fingerprint density at radius 2 is 1.21 bits per heavy atom. The molecule has 0 radical (unpaired) electrons. The zero-order chi connectivity index (χ0) is 32.0. The van der Waals surface area contributed by atoms with E-state index in [0.29, 0.717) is 5.57 Å². The Bertz CT molecular complexity index is 1050. The molecule has 1 aliphatic rings. The van der Waals surface area contributed by atoms with E-state index in [9.17, 15) is 28.8 Å². The molecule has 42 heavy (non-hydrogen) atoms. The fraction of sp³-hybridized carbons (Fsp3) is 0.643. The average Bonchev–Trinajstić information content (AvgIpc) is 2.86. The number of hydrogen-bond donors (Lipinski definition) is 0. The first-order valence-corrected chi connectivity index (χ1v) is 13.2. The zero-order valence-corrected chi connectivity index (χ0v) is 25.2. The van der Waals surface area contributed by atoms with Gasteiger partial charge in [-0.15, -0.1) is 0 Å². The summed E-state index contributed by atoms with van der Waals surface area (Å²) < 4.78 is 43.2. The van der Waals surface area contributed by atoms with Crippen molar-refractivity contribution >= 4 is 35.8 Å². The van der Waals surface area contributed by atoms with Crippen LogP contribution >= 0.6 is 0 Å². The first-order valence-electron chi connectivity index (χ1n) is 13.2. The van der Waals surface area contributed by atoms with E-state index in [1.54, 1.807) is 26.0 Å². The summed E-state index contributed by atoms with van der Waals surface area (Å²) in [4.78, 5) is 70.0. The maximum Gasteiger partial charge on any atom is 0.303 e. The average molecular weight is 601 g/mol. The summed E-state index contributed by atoms with van der Waals surface area (Å²) in [5.74, 6) is -3.85. The Kier molecular flexibility index (Phi) is 15.5. The molecule has 1 rings (SSSR count). The molecule has 0 aromatic heterocycles. The van der Waals surface area contributed by atoms with Crippen LogP contribution in [0.1, 0.15) is 61.8 Å². The van der Waals surface area contributed by atoms with Gasteiger partial charge in [-0.2, -0.15) is 0 Å². The highest BCUT2D eigenvalue weighted by Crippen LogP contribution is 2.30. The molecule has 6 atom stereocenters. The molecule has 1 saturated heterocycles. The first kappa shape index (κ1) is 36.2. The van der Waals surface area contributed by atoms with Gasteiger partial charge in [-0.3, -0.25) is 28.8 Å². The third-order valence-corrected chi connectivity index (χ3v) is 5.61. The number of carbonyl (C=O) groups is 6. The molecule has 0 aromatic rings. The summed E-state index contributed by atoms with van der Waals surface area (Å²) in [6, 6.07) is 0. The fourth-order valence-electron chi connectivity index (χ4n) is 3.84. The van der Waals surface area contributed by atoms with Gasteiger partial charge in [0.15, 0.2) is 24.6 Å². The topological polar surface area (TPSA) is 176 Å². The van der Waals surface area contributed by atoms with E-state index in [1.807, 2.05) is 0 Å². The molecule has 236 valence electrons. The van der Waals surface area contributed by atoms with Gasteiger partial charge in [-0.25, -0.2) is 0 Å². The van der Waals surface area contributed by atoms with Gasteiger partial charge in [-0.1, -0.05) is 12.2 Å². The quantitative estimate of drug-likeness (QED) is 0.160. The van der Waals surface area contributed by atoms with Crippen molar-refractivity contribution in [1.82, 2.24) is 0 Å². The van der Waals surface area contributed by atoms with Crippen LogP contribution in [0.25, 0.3) is 0 Å². The van der Waals surface area contributed by atoms with Crippen LogP contribution in [-0.4, -0.2) is 92.4 Å². The SMILES string of the molecule is CC(=O)OC/C(C)=C/C[C@H](OC(C)=O)/C(C)=C/CO[C@@H]1O[C@H](COC(C)=O)[C@@H](OC(C)=O)[C@H](OC(C)=O)[C@H]1OC(C)=O. The van der Waals surface area contributed by atoms with E-state index in [4.69, 9.17) is 37.9 Å². The van der Waals surface area contributed by atoms with E-state index >= 15 is 0 Å². The fourth-order valence-corrected chi connectivity index (χ4v) is 3.84. The number of hydrogen-bond acceptors (Lipinski definition) is 14. The van der Waals surface area contributed by atoms with E-state index in [-0.39, 0.29) is 26.2 Å². The van der Waals surface area contributed by atoms with Crippen LogP contribution in [0.15, 0.2) is 23.3 Å². The van der Waals surface area contributed by atoms with Gasteiger partial charge in [0.1, 0.15) is 25.4 Å². The van der Waals surface area contributed by atoms with Crippen LogP contribution in [-0.2, 0) is 66.7 Å². The summed E-state index contributed by atoms with van der Waals surface area (Å²) in [5.41, 5.74) is 1.36. The summed E-state index contributed by atoms with van der Waals surface area (Å²) in [7, 11) is 0. The molecule has 0 unspecified atom stereocenters. The normalized spacial score (nSPS) is 23.2. The zero-order valence-electron chi connectivity index (χ0n) is 25.2. The van der Waals surface area contributed by atoms with Gasteiger partial charge in [0.05, 0.1) is 6.61 Å². The molecule has 1 aliphatic heterocycles. The lowest BCUT2D eigenvalue weighted by atomic mass is 9.98. The Morgan fingerprint density at radius 1 is 0.667 bits per heavy atom. The monoisotopic (exact) mass is 600 g/mol. The van der Waals surface area contributed by atoms with Crippen molar-refractivity contribution in [3.8, 4) is 0 Å². The predicted molar refractivity (Wildman–Crippen MR) is 142 cm³/mol. The van der Waals surface area contributed by atoms with Gasteiger partial charge in [0, 0.05) is 48.0 Å². The van der Waals surface area contributed by atoms with Gasteiger partial charge in [0.2, 0.25) is 0 Å². The van der Waals surface area contributed by atoms with Crippen molar-refractivity contribution in [2.45, 2.75) is 98.6 Å². The Morgan fingerprint density at radius 3 is 1.74 bits per heavy atom. The minimum Gasteiger partial charge on any atom is -0.463 e. The van der Waals surface area contributed by atoms with Gasteiger partial charge in [-0.05, 0) is 25.0 Å². The van der Waals surface area contributed by atoms with Crippen LogP contribution in [0.2, 0.25) is 0 Å². The second-order valence-electron chi connectivity index (χ2n) is 9.51. The summed E-state index contributed by atoms with van der Waals surface area (Å²) in [5, 5.41) is 0. The minimum absolute atomic E-state index is 0.0941. The molecule has 0 saturated carbocycles. The number of esters is 6. The number of rotatable bonds is 14. The summed E-state index contributed by atoms with van der Waals surface area (Å²) in [6.45, 7) is 10.1. The van der Waals surface area contributed by atoms with E-state index in [2.05, 4.69) is 0 Å². The highest BCUT2D eigenvalue weighted by molar-refractivity contribution is 5.69. The van der Waals surface area contributed by atoms with Gasteiger partial charge >= 0.3 is 35.8 Å². The van der Waals surface area contributed by atoms with Crippen molar-refractivity contribution in [2.75, 3.05) is 19.8 Å². The predicted octanol–water partition coefficient (Wildman–Crippen LogP) is 1.86. The number of ether oxygens (including phenoxy) is 8. The number of carbonyl (C=O) groups excluding carboxylic acids is 6. The van der Waals surface area contributed by atoms with Crippen LogP contribution in [0.5, 0.6) is 0 Å². The Hall–Kier alpha value is -3.78. The first-order chi connectivity index (χ1) is 19.6. The van der Waals surface area contributed by atoms with Crippen LogP contribution in [0.3, 0.4) is 0 Å². The maximum atomic E-state index is 12.0. The second kappa shape index (κ2) is 17.9. The summed E-state index contributed by atoms with van der Waals surface area (Å²) in [6.07, 6.45) is -3.54. The van der Waals surface area contributed by atoms with E-state index in [0.717, 1.165) is 26.3 Å². The molecule has 0 aromatic carbocycles. The van der Waals surface area contributed by atoms with Crippen LogP contribution < -0.4 is 0 Å². The largest absolute Gasteiger partial charge is 0.463 e. The van der Waals surface area contributed by atoms with E-state index in [1.165, 1.54) is 20.8 Å². The molecule has 1 fully saturated rings. The molecule has 0 aliphatic carbocycles. The van der Waals surface area contributed by atoms with Crippen LogP contribution in [0.4, 0.5) is 0 Å². The molecular formula is C28H40O14. The van der Waals surface area contributed by atoms with Crippen LogP contribution in [0, 0.1) is 0 Å². The second-order valence-corrected chi connectivity index (χ2v) is 9.51. The van der Waals surface area contributed by atoms with Crippen molar-refractivity contribution in [1.29, 1.82) is 0 Å². The van der Waals surface area contributed by atoms with Gasteiger partial charge < -0.3 is 37.9 Å². The standard InChI is InChI=1S/C28H40O14/c1-15(13-36-17(3)29)9-10-23(38-19(5)31)16(2)11-12-35-28-27(41-22(8)34)26(40-21(7)33)25(39-20(6)32)24(42-28)14-37-18(4)30/h9,11,23-28H,10,12-14H2,1-8H3/b15-9+,16-11+/t23-,24+,25+,26-,27+,28+/m0/s1. The van der Waals surface area contributed by atoms with Crippen molar-refractivity contribution in [3.05, 3.63) is 23.3 Å². The molecule has 0 bridgehead atoms. The van der Waals surface area contributed by atoms with E-state index < -0.39 is 72.6 Å². The molecule has 0 N–H and O–H groups in total. The third-order valence-electron chi connectivity index (χ3n) is 5.61. The highest BCUT2D eigenvalue weighted by atomic mass is 16.7. The molecule has 0 spiro atoms. The third kappa shape index (κ3) is 13.7. The molecule has 0 amide bonds. The maximum absolute atomic E-state index is 12.0. The van der Waals surface area contributed by atoms with Crippen molar-refractivity contribution < 1.29 is 66.7 Å². The minimum atomic E-state index is -1.37. The lowest BCUT2D eigenvalue weighted by Crippen LogP contribution is -2.62. The van der Waals surface area contributed by atoms with Crippen molar-refractivity contribution in [2.24, 2.45) is 0 Å². The van der Waals surface area contributed by atoms with Gasteiger partial charge in [0.25, 0.3) is 0 Å².